The molecule has 0 spiro atoms. The summed E-state index contributed by atoms with van der Waals surface area (Å²) >= 11 is 0. The molecule has 0 aliphatic carbocycles. The number of aryl methyl sites for hydroxylation is 2. The number of nitrogens with zero attached hydrogens (tertiary/aromatic N) is 3. The van der Waals surface area contributed by atoms with Crippen LogP contribution in [0.2, 0.25) is 0 Å². The van der Waals surface area contributed by atoms with Crippen molar-refractivity contribution in [1.82, 2.24) is 14.1 Å². The van der Waals surface area contributed by atoms with Gasteiger partial charge in [-0.05, 0) is 33.8 Å². The van der Waals surface area contributed by atoms with Crippen LogP contribution in [-0.4, -0.2) is 19.9 Å². The second-order valence-electron chi connectivity index (χ2n) is 4.81. The van der Waals surface area contributed by atoms with E-state index >= 15 is 0 Å². The van der Waals surface area contributed by atoms with Gasteiger partial charge in [0.25, 0.3) is 0 Å². The number of hydrogen-bond donors (Lipinski definition) is 0. The van der Waals surface area contributed by atoms with Crippen molar-refractivity contribution in [3.63, 3.8) is 0 Å². The van der Waals surface area contributed by atoms with Crippen LogP contribution in [-0.2, 0) is 13.6 Å². The maximum Gasteiger partial charge on any atom is 0.184 e. The third-order valence-electron chi connectivity index (χ3n) is 3.73. The predicted molar refractivity (Wildman–Crippen MR) is 70.9 cm³/mol. The van der Waals surface area contributed by atoms with Crippen molar-refractivity contribution in [1.29, 1.82) is 0 Å². The molecule has 0 aliphatic rings. The van der Waals surface area contributed by atoms with Crippen molar-refractivity contribution in [2.75, 3.05) is 0 Å². The molecule has 0 unspecified atom stereocenters. The lowest BCUT2D eigenvalue weighted by Crippen LogP contribution is -2.12. The Hall–Kier alpha value is -1.84. The Balaban J connectivity index is 2.27. The van der Waals surface area contributed by atoms with Crippen LogP contribution in [0.4, 0.5) is 0 Å². The highest BCUT2D eigenvalue weighted by molar-refractivity contribution is 5.97. The minimum Gasteiger partial charge on any atom is -0.351 e. The Bertz CT molecular complexity index is 605. The molecule has 2 aromatic heterocycles. The Morgan fingerprint density at radius 3 is 2.33 bits per heavy atom. The minimum absolute atomic E-state index is 0.136. The fourth-order valence-corrected chi connectivity index (χ4v) is 2.08. The van der Waals surface area contributed by atoms with Crippen LogP contribution in [0.5, 0.6) is 0 Å². The fourth-order valence-electron chi connectivity index (χ4n) is 2.08. The van der Waals surface area contributed by atoms with Crippen molar-refractivity contribution in [3.8, 4) is 0 Å². The van der Waals surface area contributed by atoms with Crippen LogP contribution < -0.4 is 0 Å². The van der Waals surface area contributed by atoms with E-state index in [0.717, 1.165) is 28.3 Å². The van der Waals surface area contributed by atoms with Crippen LogP contribution in [0, 0.1) is 27.7 Å². The monoisotopic (exact) mass is 245 g/mol. The summed E-state index contributed by atoms with van der Waals surface area (Å²) in [6.07, 6.45) is 1.73. The van der Waals surface area contributed by atoms with Gasteiger partial charge in [-0.15, -0.1) is 0 Å². The summed E-state index contributed by atoms with van der Waals surface area (Å²) in [5, 5.41) is 0. The van der Waals surface area contributed by atoms with Crippen molar-refractivity contribution < 1.29 is 4.79 Å². The molecule has 2 heterocycles. The molecule has 4 nitrogen and oxygen atoms in total. The van der Waals surface area contributed by atoms with Gasteiger partial charge in [0.1, 0.15) is 0 Å². The summed E-state index contributed by atoms with van der Waals surface area (Å²) < 4.78 is 3.94. The summed E-state index contributed by atoms with van der Waals surface area (Å²) in [6.45, 7) is 8.28. The third-order valence-corrected chi connectivity index (χ3v) is 3.73. The first-order valence-corrected chi connectivity index (χ1v) is 6.06. The standard InChI is InChI=1S/C14H19N3O/c1-9-6-13(12(4)16(9)5)14(18)7-17-8-15-10(2)11(17)3/h6,8H,7H2,1-5H3. The number of ketones is 1. The zero-order valence-electron chi connectivity index (χ0n) is 11.6. The summed E-state index contributed by atoms with van der Waals surface area (Å²) in [5.41, 5.74) is 4.96. The molecule has 96 valence electrons. The smallest absolute Gasteiger partial charge is 0.184 e. The van der Waals surface area contributed by atoms with Gasteiger partial charge >= 0.3 is 0 Å². The third kappa shape index (κ3) is 1.98. The zero-order valence-corrected chi connectivity index (χ0v) is 11.6. The number of hydrogen-bond acceptors (Lipinski definition) is 2. The van der Waals surface area contributed by atoms with Gasteiger partial charge in [-0.1, -0.05) is 0 Å². The number of carbonyl (C=O) groups is 1. The number of carbonyl (C=O) groups excluding carboxylic acids is 1. The average Bonchev–Trinajstić information content (AvgIpc) is 2.77. The van der Waals surface area contributed by atoms with Crippen molar-refractivity contribution in [2.24, 2.45) is 7.05 Å². The van der Waals surface area contributed by atoms with Gasteiger partial charge in [-0.25, -0.2) is 4.98 Å². The molecule has 4 heteroatoms. The lowest BCUT2D eigenvalue weighted by molar-refractivity contribution is 0.0970. The molecular formula is C14H19N3O. The molecule has 0 radical (unpaired) electrons. The number of aromatic nitrogens is 3. The Kier molecular flexibility index (Phi) is 3.11. The predicted octanol–water partition coefficient (Wildman–Crippen LogP) is 2.34. The summed E-state index contributed by atoms with van der Waals surface area (Å²) in [6, 6.07) is 1.96. The van der Waals surface area contributed by atoms with Gasteiger partial charge in [0.05, 0.1) is 18.6 Å². The van der Waals surface area contributed by atoms with Gasteiger partial charge < -0.3 is 9.13 Å². The molecule has 0 aliphatic heterocycles. The van der Waals surface area contributed by atoms with Crippen molar-refractivity contribution in [2.45, 2.75) is 34.2 Å². The minimum atomic E-state index is 0.136. The molecule has 0 fully saturated rings. The van der Waals surface area contributed by atoms with Gasteiger partial charge in [0, 0.05) is 29.7 Å². The summed E-state index contributed by atoms with van der Waals surface area (Å²) in [5.74, 6) is 0.136. The SMILES string of the molecule is Cc1ncn(CC(=O)c2cc(C)n(C)c2C)c1C. The first-order chi connectivity index (χ1) is 8.41. The Labute approximate surface area is 107 Å². The zero-order chi connectivity index (χ0) is 13.4. The summed E-state index contributed by atoms with van der Waals surface area (Å²) in [4.78, 5) is 16.5. The van der Waals surface area contributed by atoms with Crippen molar-refractivity contribution in [3.05, 3.63) is 40.7 Å². The Morgan fingerprint density at radius 1 is 1.22 bits per heavy atom. The molecule has 2 aromatic rings. The van der Waals surface area contributed by atoms with Crippen molar-refractivity contribution >= 4 is 5.78 Å². The first-order valence-electron chi connectivity index (χ1n) is 6.06. The van der Waals surface area contributed by atoms with Crippen LogP contribution in [0.3, 0.4) is 0 Å². The maximum absolute atomic E-state index is 12.3. The fraction of sp³-hybridized carbons (Fsp3) is 0.429. The average molecular weight is 245 g/mol. The van der Waals surface area contributed by atoms with E-state index in [1.807, 2.05) is 49.9 Å². The van der Waals surface area contributed by atoms with E-state index in [0.29, 0.717) is 6.54 Å². The van der Waals surface area contributed by atoms with Gasteiger partial charge in [-0.2, -0.15) is 0 Å². The lowest BCUT2D eigenvalue weighted by Gasteiger charge is -2.05. The quantitative estimate of drug-likeness (QED) is 0.779. The molecule has 0 saturated heterocycles. The normalized spacial score (nSPS) is 10.9. The maximum atomic E-state index is 12.3. The van der Waals surface area contributed by atoms with E-state index in [9.17, 15) is 4.79 Å². The highest BCUT2D eigenvalue weighted by atomic mass is 16.1. The molecular weight excluding hydrogens is 226 g/mol. The molecule has 0 saturated carbocycles. The van der Waals surface area contributed by atoms with Crippen LogP contribution in [0.15, 0.2) is 12.4 Å². The molecule has 0 amide bonds. The highest BCUT2D eigenvalue weighted by Gasteiger charge is 2.15. The summed E-state index contributed by atoms with van der Waals surface area (Å²) in [7, 11) is 1.98. The molecule has 0 atom stereocenters. The van der Waals surface area contributed by atoms with E-state index in [-0.39, 0.29) is 5.78 Å². The van der Waals surface area contributed by atoms with Gasteiger partial charge in [-0.3, -0.25) is 4.79 Å². The van der Waals surface area contributed by atoms with Gasteiger partial charge in [0.2, 0.25) is 0 Å². The number of rotatable bonds is 3. The van der Waals surface area contributed by atoms with Crippen LogP contribution in [0.1, 0.15) is 33.1 Å². The molecule has 18 heavy (non-hydrogen) atoms. The van der Waals surface area contributed by atoms with E-state index in [4.69, 9.17) is 0 Å². The second-order valence-corrected chi connectivity index (χ2v) is 4.81. The van der Waals surface area contributed by atoms with E-state index < -0.39 is 0 Å². The van der Waals surface area contributed by atoms with E-state index in [1.165, 1.54) is 0 Å². The highest BCUT2D eigenvalue weighted by Crippen LogP contribution is 2.15. The lowest BCUT2D eigenvalue weighted by atomic mass is 10.1. The first kappa shape index (κ1) is 12.6. The van der Waals surface area contributed by atoms with Crippen LogP contribution in [0.25, 0.3) is 0 Å². The van der Waals surface area contributed by atoms with Gasteiger partial charge in [0.15, 0.2) is 5.78 Å². The second kappa shape index (κ2) is 4.44. The Morgan fingerprint density at radius 2 is 1.89 bits per heavy atom. The van der Waals surface area contributed by atoms with Crippen LogP contribution >= 0.6 is 0 Å². The topological polar surface area (TPSA) is 39.8 Å². The number of imidazole rings is 1. The largest absolute Gasteiger partial charge is 0.351 e. The van der Waals surface area contributed by atoms with E-state index in [1.54, 1.807) is 6.33 Å². The molecule has 0 bridgehead atoms. The molecule has 2 rings (SSSR count). The molecule has 0 aromatic carbocycles. The number of Topliss-reactive ketones (excluding diaryl/α,β-unsaturated/α-hetero) is 1. The van der Waals surface area contributed by atoms with E-state index in [2.05, 4.69) is 4.98 Å². The molecule has 0 N–H and O–H groups in total.